The van der Waals surface area contributed by atoms with E-state index in [-0.39, 0.29) is 5.92 Å². The van der Waals surface area contributed by atoms with Gasteiger partial charge in [0.25, 0.3) is 0 Å². The minimum absolute atomic E-state index is 0.164. The number of hydrogen-bond donors (Lipinski definition) is 2. The molecule has 0 spiro atoms. The number of aliphatic hydroxyl groups is 1. The molecule has 2 atom stereocenters. The number of hydrogen-bond acceptors (Lipinski definition) is 2. The molecule has 0 amide bonds. The molecule has 1 aromatic rings. The third-order valence-corrected chi connectivity index (χ3v) is 3.00. The summed E-state index contributed by atoms with van der Waals surface area (Å²) in [6.45, 7) is 4.72. The Morgan fingerprint density at radius 2 is 1.80 bits per heavy atom. The Morgan fingerprint density at radius 1 is 1.20 bits per heavy atom. The Bertz CT molecular complexity index is 277. The average Bonchev–Trinajstić information content (AvgIpc) is 2.30. The molecule has 0 heterocycles. The third-order valence-electron chi connectivity index (χ3n) is 3.00. The Hall–Kier alpha value is -0.860. The van der Waals surface area contributed by atoms with Crippen LogP contribution in [-0.2, 0) is 6.42 Å². The Labute approximate surface area is 92.1 Å². The lowest BCUT2D eigenvalue weighted by Gasteiger charge is -2.20. The van der Waals surface area contributed by atoms with Gasteiger partial charge >= 0.3 is 0 Å². The average molecular weight is 207 g/mol. The van der Waals surface area contributed by atoms with E-state index in [9.17, 15) is 5.11 Å². The number of nitrogens with two attached hydrogens (primary N) is 1. The molecule has 0 aliphatic carbocycles. The fourth-order valence-electron chi connectivity index (χ4n) is 1.74. The van der Waals surface area contributed by atoms with Crippen molar-refractivity contribution in [3.8, 4) is 0 Å². The van der Waals surface area contributed by atoms with E-state index in [0.717, 1.165) is 18.4 Å². The minimum atomic E-state index is -0.425. The van der Waals surface area contributed by atoms with Crippen LogP contribution in [0.3, 0.4) is 0 Å². The maximum Gasteiger partial charge on any atom is 0.0830 e. The zero-order valence-electron chi connectivity index (χ0n) is 9.61. The molecule has 1 aromatic carbocycles. The van der Waals surface area contributed by atoms with Crippen molar-refractivity contribution in [3.63, 3.8) is 0 Å². The summed E-state index contributed by atoms with van der Waals surface area (Å²) in [5, 5.41) is 10.1. The lowest BCUT2D eigenvalue weighted by Crippen LogP contribution is -2.21. The fraction of sp³-hybridized carbons (Fsp3) is 0.538. The summed E-state index contributed by atoms with van der Waals surface area (Å²) < 4.78 is 0. The molecule has 2 unspecified atom stereocenters. The van der Waals surface area contributed by atoms with Gasteiger partial charge in [-0.2, -0.15) is 0 Å². The molecule has 0 saturated heterocycles. The molecular formula is C13H21NO. The SMILES string of the molecule is CCc1ccc(C(O)C(CC)CN)cc1. The van der Waals surface area contributed by atoms with Crippen molar-refractivity contribution >= 4 is 0 Å². The van der Waals surface area contributed by atoms with E-state index in [1.54, 1.807) is 0 Å². The van der Waals surface area contributed by atoms with Crippen LogP contribution in [0.25, 0.3) is 0 Å². The van der Waals surface area contributed by atoms with Crippen molar-refractivity contribution in [2.24, 2.45) is 11.7 Å². The highest BCUT2D eigenvalue weighted by atomic mass is 16.3. The number of aliphatic hydroxyl groups excluding tert-OH is 1. The van der Waals surface area contributed by atoms with E-state index >= 15 is 0 Å². The standard InChI is InChI=1S/C13H21NO/c1-3-10-5-7-12(8-6-10)13(15)11(4-2)9-14/h5-8,11,13,15H,3-4,9,14H2,1-2H3. The van der Waals surface area contributed by atoms with Crippen LogP contribution in [0.4, 0.5) is 0 Å². The van der Waals surface area contributed by atoms with Crippen LogP contribution in [0.1, 0.15) is 37.5 Å². The van der Waals surface area contributed by atoms with E-state index < -0.39 is 6.10 Å². The van der Waals surface area contributed by atoms with Gasteiger partial charge in [-0.1, -0.05) is 38.1 Å². The predicted molar refractivity (Wildman–Crippen MR) is 63.6 cm³/mol. The molecule has 3 N–H and O–H groups in total. The van der Waals surface area contributed by atoms with Crippen molar-refractivity contribution in [3.05, 3.63) is 35.4 Å². The summed E-state index contributed by atoms with van der Waals surface area (Å²) in [5.74, 6) is 0.164. The lowest BCUT2D eigenvalue weighted by atomic mass is 9.93. The first kappa shape index (κ1) is 12.2. The highest BCUT2D eigenvalue weighted by molar-refractivity contribution is 5.24. The normalized spacial score (nSPS) is 14.9. The molecule has 2 heteroatoms. The first-order valence-corrected chi connectivity index (χ1v) is 5.69. The molecule has 1 rings (SSSR count). The van der Waals surface area contributed by atoms with Crippen molar-refractivity contribution < 1.29 is 5.11 Å². The van der Waals surface area contributed by atoms with E-state index in [0.29, 0.717) is 6.54 Å². The summed E-state index contributed by atoms with van der Waals surface area (Å²) in [7, 11) is 0. The van der Waals surface area contributed by atoms with E-state index in [1.807, 2.05) is 12.1 Å². The smallest absolute Gasteiger partial charge is 0.0830 e. The van der Waals surface area contributed by atoms with Crippen molar-refractivity contribution in [1.29, 1.82) is 0 Å². The monoisotopic (exact) mass is 207 g/mol. The summed E-state index contributed by atoms with van der Waals surface area (Å²) in [6, 6.07) is 8.15. The Morgan fingerprint density at radius 3 is 2.20 bits per heavy atom. The van der Waals surface area contributed by atoms with Crippen molar-refractivity contribution in [1.82, 2.24) is 0 Å². The second-order valence-corrected chi connectivity index (χ2v) is 3.94. The highest BCUT2D eigenvalue weighted by Crippen LogP contribution is 2.23. The molecular weight excluding hydrogens is 186 g/mol. The quantitative estimate of drug-likeness (QED) is 0.778. The molecule has 84 valence electrons. The van der Waals surface area contributed by atoms with Gasteiger partial charge in [0.15, 0.2) is 0 Å². The van der Waals surface area contributed by atoms with Gasteiger partial charge < -0.3 is 10.8 Å². The zero-order valence-corrected chi connectivity index (χ0v) is 9.61. The number of aryl methyl sites for hydroxylation is 1. The van der Waals surface area contributed by atoms with E-state index in [1.165, 1.54) is 5.56 Å². The molecule has 0 saturated carbocycles. The predicted octanol–water partition coefficient (Wildman–Crippen LogP) is 2.27. The van der Waals surface area contributed by atoms with Crippen LogP contribution < -0.4 is 5.73 Å². The Kier molecular flexibility index (Phi) is 4.79. The van der Waals surface area contributed by atoms with E-state index in [2.05, 4.69) is 26.0 Å². The van der Waals surface area contributed by atoms with Gasteiger partial charge in [-0.05, 0) is 30.5 Å². The van der Waals surface area contributed by atoms with Crippen LogP contribution in [-0.4, -0.2) is 11.7 Å². The molecule has 0 aliphatic rings. The highest BCUT2D eigenvalue weighted by Gasteiger charge is 2.17. The third kappa shape index (κ3) is 3.05. The van der Waals surface area contributed by atoms with Crippen molar-refractivity contribution in [2.45, 2.75) is 32.8 Å². The summed E-state index contributed by atoms with van der Waals surface area (Å²) in [5.41, 5.74) is 7.89. The van der Waals surface area contributed by atoms with Crippen LogP contribution in [0.5, 0.6) is 0 Å². The largest absolute Gasteiger partial charge is 0.388 e. The lowest BCUT2D eigenvalue weighted by molar-refractivity contribution is 0.110. The topological polar surface area (TPSA) is 46.2 Å². The fourth-order valence-corrected chi connectivity index (χ4v) is 1.74. The van der Waals surface area contributed by atoms with Crippen LogP contribution in [0, 0.1) is 5.92 Å². The first-order valence-electron chi connectivity index (χ1n) is 5.69. The number of benzene rings is 1. The van der Waals surface area contributed by atoms with Gasteiger partial charge in [0.2, 0.25) is 0 Å². The zero-order chi connectivity index (χ0) is 11.3. The Balaban J connectivity index is 2.76. The molecule has 0 aliphatic heterocycles. The van der Waals surface area contributed by atoms with E-state index in [4.69, 9.17) is 5.73 Å². The molecule has 0 fully saturated rings. The van der Waals surface area contributed by atoms with Gasteiger partial charge in [0.1, 0.15) is 0 Å². The summed E-state index contributed by atoms with van der Waals surface area (Å²) in [4.78, 5) is 0. The summed E-state index contributed by atoms with van der Waals surface area (Å²) >= 11 is 0. The van der Waals surface area contributed by atoms with Crippen LogP contribution >= 0.6 is 0 Å². The van der Waals surface area contributed by atoms with Gasteiger partial charge in [-0.3, -0.25) is 0 Å². The van der Waals surface area contributed by atoms with Crippen LogP contribution in [0.15, 0.2) is 24.3 Å². The molecule has 0 bridgehead atoms. The molecule has 2 nitrogen and oxygen atoms in total. The van der Waals surface area contributed by atoms with Crippen molar-refractivity contribution in [2.75, 3.05) is 6.54 Å². The van der Waals surface area contributed by atoms with Crippen LogP contribution in [0.2, 0.25) is 0 Å². The second-order valence-electron chi connectivity index (χ2n) is 3.94. The van der Waals surface area contributed by atoms with Gasteiger partial charge in [-0.15, -0.1) is 0 Å². The first-order chi connectivity index (χ1) is 7.22. The van der Waals surface area contributed by atoms with Gasteiger partial charge in [0, 0.05) is 5.92 Å². The molecule has 0 aromatic heterocycles. The van der Waals surface area contributed by atoms with Gasteiger partial charge in [0.05, 0.1) is 6.10 Å². The summed E-state index contributed by atoms with van der Waals surface area (Å²) in [6.07, 6.45) is 1.52. The molecule has 15 heavy (non-hydrogen) atoms. The molecule has 0 radical (unpaired) electrons. The maximum absolute atomic E-state index is 10.1. The second kappa shape index (κ2) is 5.89. The minimum Gasteiger partial charge on any atom is -0.388 e. The number of rotatable bonds is 5. The maximum atomic E-state index is 10.1. The van der Waals surface area contributed by atoms with Gasteiger partial charge in [-0.25, -0.2) is 0 Å².